The van der Waals surface area contributed by atoms with Gasteiger partial charge in [-0.1, -0.05) is 12.1 Å². The number of sulfone groups is 1. The maximum Gasteiger partial charge on any atom is 0.341 e. The van der Waals surface area contributed by atoms with Crippen molar-refractivity contribution in [3.63, 3.8) is 0 Å². The van der Waals surface area contributed by atoms with E-state index in [2.05, 4.69) is 5.32 Å². The fourth-order valence-corrected chi connectivity index (χ4v) is 3.51. The van der Waals surface area contributed by atoms with Gasteiger partial charge in [0.05, 0.1) is 15.8 Å². The van der Waals surface area contributed by atoms with Crippen molar-refractivity contribution < 1.29 is 30.4 Å². The van der Waals surface area contributed by atoms with E-state index in [0.717, 1.165) is 24.3 Å². The molecule has 2 rings (SSSR count). The van der Waals surface area contributed by atoms with Crippen molar-refractivity contribution in [2.45, 2.75) is 28.5 Å². The molecule has 2 aromatic carbocycles. The highest BCUT2D eigenvalue weighted by molar-refractivity contribution is 7.91. The molecule has 0 aliphatic rings. The maximum atomic E-state index is 12.5. The molecule has 0 fully saturated rings. The van der Waals surface area contributed by atoms with Gasteiger partial charge in [-0.2, -0.15) is 8.78 Å². The molecule has 1 amide bonds. The molecule has 1 unspecified atom stereocenters. The summed E-state index contributed by atoms with van der Waals surface area (Å²) >= 11 is 0. The lowest BCUT2D eigenvalue weighted by Gasteiger charge is -2.15. The van der Waals surface area contributed by atoms with Gasteiger partial charge >= 0.3 is 5.76 Å². The molecule has 7 nitrogen and oxygen atoms in total. The lowest BCUT2D eigenvalue weighted by molar-refractivity contribution is 0.0939. The highest BCUT2D eigenvalue weighted by atomic mass is 32.2. The van der Waals surface area contributed by atoms with Crippen LogP contribution in [0, 0.1) is 0 Å². The zero-order valence-electron chi connectivity index (χ0n) is 14.0. The van der Waals surface area contributed by atoms with Gasteiger partial charge in [0.1, 0.15) is 0 Å². The van der Waals surface area contributed by atoms with Crippen LogP contribution in [-0.2, 0) is 19.9 Å². The molecule has 0 aliphatic heterocycles. The fraction of sp³-hybridized carbons (Fsp3) is 0.188. The summed E-state index contributed by atoms with van der Waals surface area (Å²) in [6, 6.07) is 9.17. The number of sulfonamides is 1. The molecular weight excluding hydrogens is 402 g/mol. The first-order valence-corrected chi connectivity index (χ1v) is 10.6. The molecule has 0 aromatic heterocycles. The average Bonchev–Trinajstić information content (AvgIpc) is 2.61. The quantitative estimate of drug-likeness (QED) is 0.741. The third-order valence-electron chi connectivity index (χ3n) is 3.71. The lowest BCUT2D eigenvalue weighted by atomic mass is 10.1. The summed E-state index contributed by atoms with van der Waals surface area (Å²) in [6.07, 6.45) is 0. The number of carbonyl (C=O) groups is 1. The minimum atomic E-state index is -4.74. The second-order valence-electron chi connectivity index (χ2n) is 5.64. The number of hydrogen-bond acceptors (Lipinski definition) is 5. The van der Waals surface area contributed by atoms with Crippen molar-refractivity contribution in [3.05, 3.63) is 59.7 Å². The maximum absolute atomic E-state index is 12.5. The molecule has 0 heterocycles. The first-order valence-electron chi connectivity index (χ1n) is 7.48. The normalized spacial score (nSPS) is 13.4. The molecule has 0 saturated carbocycles. The molecule has 0 spiro atoms. The summed E-state index contributed by atoms with van der Waals surface area (Å²) < 4.78 is 70.6. The molecule has 146 valence electrons. The number of rotatable bonds is 6. The van der Waals surface area contributed by atoms with Gasteiger partial charge in [-0.05, 0) is 48.9 Å². The molecule has 0 bridgehead atoms. The monoisotopic (exact) mass is 418 g/mol. The van der Waals surface area contributed by atoms with Gasteiger partial charge in [-0.3, -0.25) is 4.79 Å². The summed E-state index contributed by atoms with van der Waals surface area (Å²) in [5.41, 5.74) is 0.532. The standard InChI is InChI=1S/C16H16F2N2O5S2/c1-10(12-3-2-4-14(9-12)27(19,24)25)20-15(21)11-5-7-13(8-6-11)26(22,23)16(17)18/h2-10,16H,1H3,(H,20,21)(H2,19,24,25). The Kier molecular flexibility index (Phi) is 5.97. The minimum absolute atomic E-state index is 0.0534. The highest BCUT2D eigenvalue weighted by Crippen LogP contribution is 2.20. The van der Waals surface area contributed by atoms with E-state index in [1.54, 1.807) is 13.0 Å². The molecule has 27 heavy (non-hydrogen) atoms. The molecule has 1 atom stereocenters. The van der Waals surface area contributed by atoms with Crippen molar-refractivity contribution in [2.24, 2.45) is 5.14 Å². The Balaban J connectivity index is 2.18. The topological polar surface area (TPSA) is 123 Å². The Labute approximate surface area is 155 Å². The van der Waals surface area contributed by atoms with Gasteiger partial charge < -0.3 is 5.32 Å². The molecule has 2 aromatic rings. The van der Waals surface area contributed by atoms with Gasteiger partial charge in [0.25, 0.3) is 5.91 Å². The van der Waals surface area contributed by atoms with Crippen molar-refractivity contribution in [2.75, 3.05) is 0 Å². The van der Waals surface area contributed by atoms with Crippen LogP contribution < -0.4 is 10.5 Å². The Morgan fingerprint density at radius 3 is 2.11 bits per heavy atom. The molecule has 0 aliphatic carbocycles. The first-order chi connectivity index (χ1) is 12.4. The lowest BCUT2D eigenvalue weighted by Crippen LogP contribution is -2.27. The number of hydrogen-bond donors (Lipinski definition) is 2. The van der Waals surface area contributed by atoms with Crippen LogP contribution in [0.2, 0.25) is 0 Å². The van der Waals surface area contributed by atoms with Crippen LogP contribution >= 0.6 is 0 Å². The number of benzene rings is 2. The Morgan fingerprint density at radius 2 is 1.59 bits per heavy atom. The molecular formula is C16H16F2N2O5S2. The number of halogens is 2. The van der Waals surface area contributed by atoms with Crippen molar-refractivity contribution in [3.8, 4) is 0 Å². The van der Waals surface area contributed by atoms with Crippen LogP contribution in [0.1, 0.15) is 28.9 Å². The number of carbonyl (C=O) groups excluding carboxylic acids is 1. The van der Waals surface area contributed by atoms with Crippen LogP contribution in [0.15, 0.2) is 58.3 Å². The van der Waals surface area contributed by atoms with Crippen LogP contribution in [0.4, 0.5) is 8.78 Å². The smallest absolute Gasteiger partial charge is 0.341 e. The minimum Gasteiger partial charge on any atom is -0.346 e. The molecule has 11 heteroatoms. The van der Waals surface area contributed by atoms with Crippen LogP contribution in [0.5, 0.6) is 0 Å². The first kappa shape index (κ1) is 20.9. The summed E-state index contributed by atoms with van der Waals surface area (Å²) in [7, 11) is -8.63. The number of alkyl halides is 2. The van der Waals surface area contributed by atoms with E-state index in [1.165, 1.54) is 18.2 Å². The van der Waals surface area contributed by atoms with Gasteiger partial charge in [0.2, 0.25) is 19.9 Å². The number of nitrogens with one attached hydrogen (secondary N) is 1. The predicted molar refractivity (Wildman–Crippen MR) is 93.3 cm³/mol. The zero-order chi connectivity index (χ0) is 20.4. The van der Waals surface area contributed by atoms with E-state index in [-0.39, 0.29) is 10.5 Å². The van der Waals surface area contributed by atoms with Crippen molar-refractivity contribution in [1.82, 2.24) is 5.32 Å². The Bertz CT molecular complexity index is 1050. The van der Waals surface area contributed by atoms with E-state index in [1.807, 2.05) is 0 Å². The van der Waals surface area contributed by atoms with E-state index in [9.17, 15) is 30.4 Å². The SMILES string of the molecule is CC(NC(=O)c1ccc(S(=O)(=O)C(F)F)cc1)c1cccc(S(N)(=O)=O)c1. The third kappa shape index (κ3) is 4.87. The second-order valence-corrected chi connectivity index (χ2v) is 9.12. The Hall–Kier alpha value is -2.37. The van der Waals surface area contributed by atoms with E-state index >= 15 is 0 Å². The summed E-state index contributed by atoms with van der Waals surface area (Å²) in [5.74, 6) is -4.15. The highest BCUT2D eigenvalue weighted by Gasteiger charge is 2.26. The van der Waals surface area contributed by atoms with Gasteiger partial charge in [-0.25, -0.2) is 22.0 Å². The number of primary sulfonamides is 1. The zero-order valence-corrected chi connectivity index (χ0v) is 15.6. The molecule has 0 radical (unpaired) electrons. The third-order valence-corrected chi connectivity index (χ3v) is 6.02. The van der Waals surface area contributed by atoms with Crippen molar-refractivity contribution >= 4 is 25.8 Å². The Morgan fingerprint density at radius 1 is 1.00 bits per heavy atom. The van der Waals surface area contributed by atoms with E-state index in [4.69, 9.17) is 5.14 Å². The summed E-state index contributed by atoms with van der Waals surface area (Å²) in [4.78, 5) is 11.6. The predicted octanol–water partition coefficient (Wildman–Crippen LogP) is 1.82. The molecule has 0 saturated heterocycles. The number of nitrogens with two attached hydrogens (primary N) is 1. The van der Waals surface area contributed by atoms with E-state index in [0.29, 0.717) is 5.56 Å². The fourth-order valence-electron chi connectivity index (χ4n) is 2.22. The summed E-state index contributed by atoms with van der Waals surface area (Å²) in [6.45, 7) is 1.61. The van der Waals surface area contributed by atoms with Crippen LogP contribution in [0.3, 0.4) is 0 Å². The van der Waals surface area contributed by atoms with E-state index < -0.39 is 42.5 Å². The summed E-state index contributed by atoms with van der Waals surface area (Å²) in [5, 5.41) is 7.67. The van der Waals surface area contributed by atoms with Gasteiger partial charge in [-0.15, -0.1) is 0 Å². The number of amides is 1. The van der Waals surface area contributed by atoms with Gasteiger partial charge in [0, 0.05) is 5.56 Å². The van der Waals surface area contributed by atoms with Gasteiger partial charge in [0.15, 0.2) is 0 Å². The van der Waals surface area contributed by atoms with Crippen molar-refractivity contribution in [1.29, 1.82) is 0 Å². The average molecular weight is 418 g/mol. The van der Waals surface area contributed by atoms with Crippen LogP contribution in [0.25, 0.3) is 0 Å². The second kappa shape index (κ2) is 7.71. The molecule has 3 N–H and O–H groups in total. The van der Waals surface area contributed by atoms with Crippen LogP contribution in [-0.4, -0.2) is 28.5 Å². The largest absolute Gasteiger partial charge is 0.346 e.